The van der Waals surface area contributed by atoms with Crippen LogP contribution in [0.3, 0.4) is 0 Å². The fraction of sp³-hybridized carbons (Fsp3) is 0.500. The lowest BCUT2D eigenvalue weighted by molar-refractivity contribution is 0.326. The molecule has 1 aromatic carbocycles. The Hall–Kier alpha value is -1.05. The summed E-state index contributed by atoms with van der Waals surface area (Å²) in [5.74, 6) is -2.04. The van der Waals surface area contributed by atoms with E-state index in [-0.39, 0.29) is 12.0 Å². The third-order valence-electron chi connectivity index (χ3n) is 3.32. The van der Waals surface area contributed by atoms with Gasteiger partial charge in [0.2, 0.25) is 10.0 Å². The third kappa shape index (κ3) is 3.10. The second-order valence-electron chi connectivity index (χ2n) is 4.75. The van der Waals surface area contributed by atoms with E-state index in [9.17, 15) is 17.2 Å². The maximum atomic E-state index is 13.5. The second kappa shape index (κ2) is 5.52. The van der Waals surface area contributed by atoms with Crippen molar-refractivity contribution in [1.82, 2.24) is 10.0 Å². The van der Waals surface area contributed by atoms with E-state index < -0.39 is 26.6 Å². The van der Waals surface area contributed by atoms with Gasteiger partial charge in [0.1, 0.15) is 11.6 Å². The first-order valence-electron chi connectivity index (χ1n) is 6.09. The van der Waals surface area contributed by atoms with Crippen molar-refractivity contribution >= 4 is 10.0 Å². The van der Waals surface area contributed by atoms with Gasteiger partial charge < -0.3 is 5.32 Å². The lowest BCUT2D eigenvalue weighted by Crippen LogP contribution is -2.50. The van der Waals surface area contributed by atoms with Gasteiger partial charge in [-0.05, 0) is 31.0 Å². The van der Waals surface area contributed by atoms with Crippen molar-refractivity contribution in [2.24, 2.45) is 5.92 Å². The summed E-state index contributed by atoms with van der Waals surface area (Å²) in [6.45, 7) is 3.18. The van der Waals surface area contributed by atoms with Crippen LogP contribution in [0.2, 0.25) is 0 Å². The minimum absolute atomic E-state index is 0.117. The Bertz CT molecular complexity index is 543. The number of hydrogen-bond donors (Lipinski definition) is 2. The average molecular weight is 290 g/mol. The van der Waals surface area contributed by atoms with E-state index in [4.69, 9.17) is 0 Å². The van der Waals surface area contributed by atoms with Crippen LogP contribution in [0.1, 0.15) is 13.3 Å². The average Bonchev–Trinajstić information content (AvgIpc) is 2.31. The van der Waals surface area contributed by atoms with Gasteiger partial charge in [0.25, 0.3) is 0 Å². The molecule has 0 aliphatic carbocycles. The topological polar surface area (TPSA) is 58.2 Å². The molecular weight excluding hydrogens is 274 g/mol. The molecule has 0 saturated carbocycles. The van der Waals surface area contributed by atoms with Crippen molar-refractivity contribution < 1.29 is 17.2 Å². The highest BCUT2D eigenvalue weighted by Gasteiger charge is 2.30. The van der Waals surface area contributed by atoms with E-state index in [1.165, 1.54) is 0 Å². The van der Waals surface area contributed by atoms with E-state index in [0.29, 0.717) is 6.54 Å². The Morgan fingerprint density at radius 3 is 2.53 bits per heavy atom. The van der Waals surface area contributed by atoms with Crippen molar-refractivity contribution in [3.8, 4) is 0 Å². The molecule has 2 atom stereocenters. The fourth-order valence-electron chi connectivity index (χ4n) is 2.14. The number of nitrogens with one attached hydrogen (secondary N) is 2. The number of sulfonamides is 1. The molecule has 19 heavy (non-hydrogen) atoms. The largest absolute Gasteiger partial charge is 0.315 e. The zero-order valence-electron chi connectivity index (χ0n) is 10.5. The molecular formula is C12H16F2N2O2S. The van der Waals surface area contributed by atoms with E-state index >= 15 is 0 Å². The smallest absolute Gasteiger partial charge is 0.246 e. The van der Waals surface area contributed by atoms with Crippen molar-refractivity contribution in [1.29, 1.82) is 0 Å². The van der Waals surface area contributed by atoms with Crippen molar-refractivity contribution in [2.45, 2.75) is 24.3 Å². The van der Waals surface area contributed by atoms with E-state index in [1.807, 2.05) is 6.92 Å². The minimum Gasteiger partial charge on any atom is -0.315 e. The fourth-order valence-corrected chi connectivity index (χ4v) is 3.63. The van der Waals surface area contributed by atoms with Gasteiger partial charge in [-0.15, -0.1) is 0 Å². The first-order valence-corrected chi connectivity index (χ1v) is 7.57. The molecule has 1 heterocycles. The summed E-state index contributed by atoms with van der Waals surface area (Å²) in [6, 6.07) is 2.63. The maximum absolute atomic E-state index is 13.5. The molecule has 1 saturated heterocycles. The first kappa shape index (κ1) is 14.4. The molecule has 0 spiro atoms. The zero-order chi connectivity index (χ0) is 14.0. The molecule has 7 heteroatoms. The molecule has 1 aliphatic heterocycles. The van der Waals surface area contributed by atoms with Crippen LogP contribution in [0.15, 0.2) is 23.1 Å². The van der Waals surface area contributed by atoms with Gasteiger partial charge in [0.05, 0.1) is 0 Å². The molecule has 0 aromatic heterocycles. The van der Waals surface area contributed by atoms with Gasteiger partial charge in [0.15, 0.2) is 4.90 Å². The summed E-state index contributed by atoms with van der Waals surface area (Å²) in [5, 5.41) is 3.05. The number of halogens is 2. The van der Waals surface area contributed by atoms with Gasteiger partial charge in [-0.2, -0.15) is 0 Å². The normalized spacial score (nSPS) is 24.4. The van der Waals surface area contributed by atoms with Crippen molar-refractivity contribution in [3.05, 3.63) is 29.8 Å². The van der Waals surface area contributed by atoms with Gasteiger partial charge in [0, 0.05) is 12.6 Å². The quantitative estimate of drug-likeness (QED) is 0.880. The van der Waals surface area contributed by atoms with Crippen LogP contribution in [-0.4, -0.2) is 27.5 Å². The Labute approximate surface area is 111 Å². The first-order chi connectivity index (χ1) is 8.92. The molecule has 1 aliphatic rings. The molecule has 2 rings (SSSR count). The summed E-state index contributed by atoms with van der Waals surface area (Å²) >= 11 is 0. The SMILES string of the molecule is CC1CCNCC1NS(=O)(=O)c1c(F)cccc1F. The maximum Gasteiger partial charge on any atom is 0.246 e. The highest BCUT2D eigenvalue weighted by molar-refractivity contribution is 7.89. The monoisotopic (exact) mass is 290 g/mol. The summed E-state index contributed by atoms with van der Waals surface area (Å²) in [4.78, 5) is -0.909. The highest BCUT2D eigenvalue weighted by atomic mass is 32.2. The highest BCUT2D eigenvalue weighted by Crippen LogP contribution is 2.20. The van der Waals surface area contributed by atoms with Crippen LogP contribution in [0.4, 0.5) is 8.78 Å². The van der Waals surface area contributed by atoms with Gasteiger partial charge in [-0.25, -0.2) is 21.9 Å². The lowest BCUT2D eigenvalue weighted by Gasteiger charge is -2.30. The standard InChI is InChI=1S/C12H16F2N2O2S/c1-8-5-6-15-7-11(8)16-19(17,18)12-9(13)3-2-4-10(12)14/h2-4,8,11,15-16H,5-7H2,1H3. The van der Waals surface area contributed by atoms with Crippen LogP contribution in [0.25, 0.3) is 0 Å². The Balaban J connectivity index is 2.27. The van der Waals surface area contributed by atoms with E-state index in [2.05, 4.69) is 10.0 Å². The molecule has 0 amide bonds. The van der Waals surface area contributed by atoms with E-state index in [1.54, 1.807) is 0 Å². The predicted molar refractivity (Wildman–Crippen MR) is 67.1 cm³/mol. The lowest BCUT2D eigenvalue weighted by atomic mass is 9.96. The summed E-state index contributed by atoms with van der Waals surface area (Å²) < 4.78 is 53.6. The number of hydrogen-bond acceptors (Lipinski definition) is 3. The number of benzene rings is 1. The van der Waals surface area contributed by atoms with Gasteiger partial charge >= 0.3 is 0 Å². The molecule has 0 radical (unpaired) electrons. The molecule has 106 valence electrons. The third-order valence-corrected chi connectivity index (χ3v) is 4.86. The van der Waals surface area contributed by atoms with Crippen molar-refractivity contribution in [3.63, 3.8) is 0 Å². The Kier molecular flexibility index (Phi) is 4.17. The number of piperidine rings is 1. The molecule has 2 N–H and O–H groups in total. The molecule has 4 nitrogen and oxygen atoms in total. The van der Waals surface area contributed by atoms with E-state index in [0.717, 1.165) is 31.2 Å². The second-order valence-corrected chi connectivity index (χ2v) is 6.40. The Morgan fingerprint density at radius 1 is 1.32 bits per heavy atom. The summed E-state index contributed by atoms with van der Waals surface area (Å²) in [7, 11) is -4.19. The molecule has 2 unspecified atom stereocenters. The van der Waals surface area contributed by atoms with Crippen LogP contribution < -0.4 is 10.0 Å². The number of rotatable bonds is 3. The van der Waals surface area contributed by atoms with Crippen LogP contribution >= 0.6 is 0 Å². The molecule has 0 bridgehead atoms. The van der Waals surface area contributed by atoms with Crippen LogP contribution in [-0.2, 0) is 10.0 Å². The molecule has 1 fully saturated rings. The van der Waals surface area contributed by atoms with Crippen LogP contribution in [0, 0.1) is 17.6 Å². The van der Waals surface area contributed by atoms with Gasteiger partial charge in [-0.3, -0.25) is 0 Å². The van der Waals surface area contributed by atoms with Crippen LogP contribution in [0.5, 0.6) is 0 Å². The van der Waals surface area contributed by atoms with Crippen molar-refractivity contribution in [2.75, 3.05) is 13.1 Å². The van der Waals surface area contributed by atoms with Gasteiger partial charge in [-0.1, -0.05) is 13.0 Å². The Morgan fingerprint density at radius 2 is 1.95 bits per heavy atom. The minimum atomic E-state index is -4.19. The predicted octanol–water partition coefficient (Wildman–Crippen LogP) is 1.24. The molecule has 1 aromatic rings. The summed E-state index contributed by atoms with van der Waals surface area (Å²) in [5.41, 5.74) is 0. The zero-order valence-corrected chi connectivity index (χ0v) is 11.3. The summed E-state index contributed by atoms with van der Waals surface area (Å²) in [6.07, 6.45) is 0.812.